The lowest BCUT2D eigenvalue weighted by atomic mass is 10.2. The molecular formula is C22H18ClN5O2. The van der Waals surface area contributed by atoms with Crippen molar-refractivity contribution in [2.75, 3.05) is 6.61 Å². The monoisotopic (exact) mass is 419 g/mol. The molecule has 0 fully saturated rings. The maximum atomic E-state index is 12.7. The predicted octanol–water partition coefficient (Wildman–Crippen LogP) is 5.84. The molecule has 0 spiro atoms. The van der Waals surface area contributed by atoms with E-state index in [1.165, 1.54) is 4.68 Å². The Morgan fingerprint density at radius 1 is 1.07 bits per heavy atom. The summed E-state index contributed by atoms with van der Waals surface area (Å²) in [5, 5.41) is 14.2. The number of pyridine rings is 1. The summed E-state index contributed by atoms with van der Waals surface area (Å²) in [6.45, 7) is 3.35. The number of ether oxygens (including phenoxy) is 1. The van der Waals surface area contributed by atoms with Gasteiger partial charge in [-0.15, -0.1) is 10.2 Å². The van der Waals surface area contributed by atoms with Gasteiger partial charge in [-0.3, -0.25) is 9.78 Å². The summed E-state index contributed by atoms with van der Waals surface area (Å²) in [6.07, 6.45) is 1.69. The van der Waals surface area contributed by atoms with Crippen LogP contribution in [0, 0.1) is 13.8 Å². The van der Waals surface area contributed by atoms with Gasteiger partial charge in [0.05, 0.1) is 16.4 Å². The third kappa shape index (κ3) is 3.92. The third-order valence-electron chi connectivity index (χ3n) is 4.55. The van der Waals surface area contributed by atoms with Crippen molar-refractivity contribution in [3.05, 3.63) is 77.2 Å². The van der Waals surface area contributed by atoms with Gasteiger partial charge in [-0.1, -0.05) is 41.9 Å². The number of rotatable bonds is 5. The van der Waals surface area contributed by atoms with Crippen molar-refractivity contribution in [3.8, 4) is 5.75 Å². The van der Waals surface area contributed by atoms with Crippen molar-refractivity contribution in [2.45, 2.75) is 13.8 Å². The van der Waals surface area contributed by atoms with Gasteiger partial charge in [0.15, 0.2) is 6.61 Å². The van der Waals surface area contributed by atoms with Gasteiger partial charge >= 0.3 is 0 Å². The minimum atomic E-state index is -0.317. The number of aryl methyl sites for hydroxylation is 1. The molecular weight excluding hydrogens is 402 g/mol. The van der Waals surface area contributed by atoms with Crippen LogP contribution in [0.4, 0.5) is 11.4 Å². The fourth-order valence-corrected chi connectivity index (χ4v) is 3.23. The molecule has 0 aliphatic heterocycles. The van der Waals surface area contributed by atoms with E-state index < -0.39 is 0 Å². The molecule has 7 nitrogen and oxygen atoms in total. The SMILES string of the molecule is Cc1nn(C(=O)COc2cccc3cccnc23)c(C)c1N=Nc1ccccc1Cl. The second kappa shape index (κ2) is 8.42. The molecule has 0 aliphatic carbocycles. The molecule has 0 saturated carbocycles. The molecule has 30 heavy (non-hydrogen) atoms. The van der Waals surface area contributed by atoms with Crippen LogP contribution in [-0.2, 0) is 0 Å². The number of azo groups is 1. The Morgan fingerprint density at radius 3 is 2.70 bits per heavy atom. The van der Waals surface area contributed by atoms with E-state index in [2.05, 4.69) is 20.3 Å². The van der Waals surface area contributed by atoms with E-state index in [-0.39, 0.29) is 12.5 Å². The molecule has 0 saturated heterocycles. The van der Waals surface area contributed by atoms with Crippen LogP contribution in [0.15, 0.2) is 71.0 Å². The summed E-state index contributed by atoms with van der Waals surface area (Å²) in [7, 11) is 0. The molecule has 150 valence electrons. The largest absolute Gasteiger partial charge is 0.481 e. The van der Waals surface area contributed by atoms with E-state index in [0.717, 1.165) is 5.39 Å². The summed E-state index contributed by atoms with van der Waals surface area (Å²) < 4.78 is 7.03. The van der Waals surface area contributed by atoms with Gasteiger partial charge in [-0.25, -0.2) is 0 Å². The van der Waals surface area contributed by atoms with E-state index in [9.17, 15) is 4.79 Å². The molecule has 4 rings (SSSR count). The van der Waals surface area contributed by atoms with Crippen LogP contribution < -0.4 is 4.74 Å². The van der Waals surface area contributed by atoms with Crippen molar-refractivity contribution in [3.63, 3.8) is 0 Å². The molecule has 8 heteroatoms. The van der Waals surface area contributed by atoms with Crippen LogP contribution in [0.3, 0.4) is 0 Å². The number of nitrogens with zero attached hydrogens (tertiary/aromatic N) is 5. The molecule has 0 unspecified atom stereocenters. The Morgan fingerprint density at radius 2 is 1.87 bits per heavy atom. The number of carbonyl (C=O) groups is 1. The van der Waals surface area contributed by atoms with Gasteiger partial charge in [0.1, 0.15) is 22.6 Å². The van der Waals surface area contributed by atoms with E-state index in [0.29, 0.717) is 39.1 Å². The molecule has 0 aliphatic rings. The van der Waals surface area contributed by atoms with Crippen molar-refractivity contribution in [1.82, 2.24) is 14.8 Å². The second-order valence-corrected chi connectivity index (χ2v) is 7.00. The third-order valence-corrected chi connectivity index (χ3v) is 4.87. The van der Waals surface area contributed by atoms with Crippen LogP contribution in [0.1, 0.15) is 16.2 Å². The predicted molar refractivity (Wildman–Crippen MR) is 115 cm³/mol. The van der Waals surface area contributed by atoms with Crippen molar-refractivity contribution >= 4 is 39.8 Å². The van der Waals surface area contributed by atoms with Crippen LogP contribution in [0.5, 0.6) is 5.75 Å². The highest BCUT2D eigenvalue weighted by molar-refractivity contribution is 6.32. The first-order valence-corrected chi connectivity index (χ1v) is 9.64. The molecule has 0 atom stereocenters. The highest BCUT2D eigenvalue weighted by Crippen LogP contribution is 2.29. The molecule has 0 amide bonds. The van der Waals surface area contributed by atoms with Crippen molar-refractivity contribution in [1.29, 1.82) is 0 Å². The zero-order chi connectivity index (χ0) is 21.1. The number of halogens is 1. The number of aromatic nitrogens is 3. The quantitative estimate of drug-likeness (QED) is 0.381. The van der Waals surface area contributed by atoms with Gasteiger partial charge in [-0.05, 0) is 38.1 Å². The highest BCUT2D eigenvalue weighted by Gasteiger charge is 2.18. The lowest BCUT2D eigenvalue weighted by molar-refractivity contribution is 0.0819. The second-order valence-electron chi connectivity index (χ2n) is 6.60. The number of benzene rings is 2. The Kier molecular flexibility index (Phi) is 5.54. The fraction of sp³-hybridized carbons (Fsp3) is 0.136. The normalized spacial score (nSPS) is 11.3. The maximum absolute atomic E-state index is 12.7. The van der Waals surface area contributed by atoms with Crippen LogP contribution >= 0.6 is 11.6 Å². The lowest BCUT2D eigenvalue weighted by Crippen LogP contribution is -2.21. The van der Waals surface area contributed by atoms with E-state index in [1.54, 1.807) is 38.2 Å². The smallest absolute Gasteiger partial charge is 0.285 e. The Hall–Kier alpha value is -3.58. The molecule has 2 heterocycles. The molecule has 0 bridgehead atoms. The zero-order valence-electron chi connectivity index (χ0n) is 16.4. The van der Waals surface area contributed by atoms with Gasteiger partial charge in [0.2, 0.25) is 0 Å². The molecule has 0 radical (unpaired) electrons. The molecule has 4 aromatic rings. The number of para-hydroxylation sites is 1. The van der Waals surface area contributed by atoms with Gasteiger partial charge in [0.25, 0.3) is 5.91 Å². The van der Waals surface area contributed by atoms with Gasteiger partial charge in [-0.2, -0.15) is 9.78 Å². The van der Waals surface area contributed by atoms with Crippen LogP contribution in [0.2, 0.25) is 5.02 Å². The first-order chi connectivity index (χ1) is 14.5. The average Bonchev–Trinajstić information content (AvgIpc) is 3.05. The summed E-state index contributed by atoms with van der Waals surface area (Å²) >= 11 is 6.12. The van der Waals surface area contributed by atoms with Crippen molar-refractivity contribution < 1.29 is 9.53 Å². The van der Waals surface area contributed by atoms with E-state index in [1.807, 2.05) is 36.4 Å². The summed E-state index contributed by atoms with van der Waals surface area (Å²) in [4.78, 5) is 17.1. The minimum absolute atomic E-state index is 0.182. The minimum Gasteiger partial charge on any atom is -0.481 e. The highest BCUT2D eigenvalue weighted by atomic mass is 35.5. The van der Waals surface area contributed by atoms with Crippen LogP contribution in [0.25, 0.3) is 10.9 Å². The lowest BCUT2D eigenvalue weighted by Gasteiger charge is -2.08. The number of hydrogen-bond acceptors (Lipinski definition) is 6. The standard InChI is InChI=1S/C22H18ClN5O2/c1-14-21(26-25-18-10-4-3-9-17(18)23)15(2)28(27-14)20(29)13-30-19-11-5-7-16-8-6-12-24-22(16)19/h3-12H,13H2,1-2H3. The molecule has 2 aromatic carbocycles. The Labute approximate surface area is 178 Å². The Bertz CT molecular complexity index is 1260. The number of fused-ring (bicyclic) bond motifs is 1. The van der Waals surface area contributed by atoms with E-state index in [4.69, 9.17) is 16.3 Å². The number of hydrogen-bond donors (Lipinski definition) is 0. The summed E-state index contributed by atoms with van der Waals surface area (Å²) in [5.41, 5.74) is 2.94. The molecule has 0 N–H and O–H groups in total. The van der Waals surface area contributed by atoms with E-state index >= 15 is 0 Å². The fourth-order valence-electron chi connectivity index (χ4n) is 3.05. The zero-order valence-corrected chi connectivity index (χ0v) is 17.2. The van der Waals surface area contributed by atoms with Gasteiger partial charge in [0, 0.05) is 11.6 Å². The first-order valence-electron chi connectivity index (χ1n) is 9.27. The Balaban J connectivity index is 1.54. The first kappa shape index (κ1) is 19.7. The van der Waals surface area contributed by atoms with Crippen LogP contribution in [-0.4, -0.2) is 27.3 Å². The topological polar surface area (TPSA) is 81.7 Å². The summed E-state index contributed by atoms with van der Waals surface area (Å²) in [6, 6.07) is 16.5. The maximum Gasteiger partial charge on any atom is 0.285 e. The molecule has 2 aromatic heterocycles. The van der Waals surface area contributed by atoms with Crippen molar-refractivity contribution in [2.24, 2.45) is 10.2 Å². The number of carbonyl (C=O) groups excluding carboxylic acids is 1. The average molecular weight is 420 g/mol. The summed E-state index contributed by atoms with van der Waals surface area (Å²) in [5.74, 6) is 0.226. The van der Waals surface area contributed by atoms with Gasteiger partial charge < -0.3 is 4.74 Å².